The molecule has 29 heavy (non-hydrogen) atoms. The molecule has 0 N–H and O–H groups in total. The van der Waals surface area contributed by atoms with Crippen LogP contribution in [0.1, 0.15) is 58.2 Å². The maximum absolute atomic E-state index is 12.6. The van der Waals surface area contributed by atoms with Gasteiger partial charge in [0.15, 0.2) is 0 Å². The first-order valence-electron chi connectivity index (χ1n) is 9.71. The Kier molecular flexibility index (Phi) is 7.32. The SMILES string of the molecule is Cc1cc(C)c(C(=O)C(=O)OC(C)C(C)C(C)OC(=O)c2ccccc2)c(C)c1. The van der Waals surface area contributed by atoms with Crippen molar-refractivity contribution in [1.82, 2.24) is 0 Å². The van der Waals surface area contributed by atoms with Gasteiger partial charge in [-0.2, -0.15) is 0 Å². The highest BCUT2D eigenvalue weighted by Crippen LogP contribution is 2.20. The number of benzene rings is 2. The molecule has 0 fully saturated rings. The van der Waals surface area contributed by atoms with Crippen LogP contribution in [0, 0.1) is 26.7 Å². The molecular weight excluding hydrogens is 368 g/mol. The van der Waals surface area contributed by atoms with Gasteiger partial charge in [0.25, 0.3) is 5.78 Å². The van der Waals surface area contributed by atoms with Crippen LogP contribution in [0.2, 0.25) is 0 Å². The standard InChI is InChI=1S/C24H28O5/c1-14-12-15(2)21(16(3)13-14)22(25)24(27)29-19(6)17(4)18(5)28-23(26)20-10-8-7-9-11-20/h7-13,17-19H,1-6H3. The van der Waals surface area contributed by atoms with Crippen LogP contribution in [0.15, 0.2) is 42.5 Å². The molecule has 0 radical (unpaired) electrons. The van der Waals surface area contributed by atoms with Crippen molar-refractivity contribution in [3.63, 3.8) is 0 Å². The lowest BCUT2D eigenvalue weighted by molar-refractivity contribution is -0.146. The number of carbonyl (C=O) groups is 3. The van der Waals surface area contributed by atoms with E-state index in [1.807, 2.05) is 32.0 Å². The summed E-state index contributed by atoms with van der Waals surface area (Å²) in [5.74, 6) is -2.29. The smallest absolute Gasteiger partial charge is 0.379 e. The Balaban J connectivity index is 2.01. The molecule has 154 valence electrons. The summed E-state index contributed by atoms with van der Waals surface area (Å²) in [5, 5.41) is 0. The van der Waals surface area contributed by atoms with Gasteiger partial charge in [0.05, 0.1) is 5.56 Å². The zero-order valence-electron chi connectivity index (χ0n) is 17.8. The van der Waals surface area contributed by atoms with Crippen LogP contribution in [-0.4, -0.2) is 29.9 Å². The molecule has 0 saturated carbocycles. The van der Waals surface area contributed by atoms with Gasteiger partial charge in [-0.3, -0.25) is 4.79 Å². The monoisotopic (exact) mass is 396 g/mol. The third-order valence-electron chi connectivity index (χ3n) is 5.17. The Morgan fingerprint density at radius 2 is 1.31 bits per heavy atom. The molecular formula is C24H28O5. The highest BCUT2D eigenvalue weighted by atomic mass is 16.6. The second-order valence-corrected chi connectivity index (χ2v) is 7.55. The zero-order valence-corrected chi connectivity index (χ0v) is 17.8. The van der Waals surface area contributed by atoms with E-state index < -0.39 is 29.9 Å². The average molecular weight is 396 g/mol. The van der Waals surface area contributed by atoms with Gasteiger partial charge in [-0.05, 0) is 57.9 Å². The number of aryl methyl sites for hydroxylation is 3. The van der Waals surface area contributed by atoms with Gasteiger partial charge in [-0.15, -0.1) is 0 Å². The molecule has 5 heteroatoms. The van der Waals surface area contributed by atoms with E-state index in [4.69, 9.17) is 9.47 Å². The Labute approximate surface area is 172 Å². The van der Waals surface area contributed by atoms with Gasteiger partial charge in [-0.1, -0.05) is 42.8 Å². The zero-order chi connectivity index (χ0) is 21.7. The number of Topliss-reactive ketones (excluding diaryl/α,β-unsaturated/α-hetero) is 1. The fraction of sp³-hybridized carbons (Fsp3) is 0.375. The summed E-state index contributed by atoms with van der Waals surface area (Å²) in [5.41, 5.74) is 3.35. The van der Waals surface area contributed by atoms with Crippen LogP contribution in [0.4, 0.5) is 0 Å². The van der Waals surface area contributed by atoms with Gasteiger partial charge in [0, 0.05) is 11.5 Å². The summed E-state index contributed by atoms with van der Waals surface area (Å²) >= 11 is 0. The molecule has 2 aromatic carbocycles. The summed E-state index contributed by atoms with van der Waals surface area (Å²) in [7, 11) is 0. The molecule has 0 saturated heterocycles. The van der Waals surface area contributed by atoms with Crippen LogP contribution in [0.5, 0.6) is 0 Å². The van der Waals surface area contributed by atoms with Crippen LogP contribution >= 0.6 is 0 Å². The Bertz CT molecular complexity index is 878. The molecule has 5 nitrogen and oxygen atoms in total. The predicted octanol–water partition coefficient (Wildman–Crippen LogP) is 4.61. The molecule has 3 unspecified atom stereocenters. The second-order valence-electron chi connectivity index (χ2n) is 7.55. The quantitative estimate of drug-likeness (QED) is 0.388. The number of carbonyl (C=O) groups excluding carboxylic acids is 3. The number of esters is 2. The van der Waals surface area contributed by atoms with Crippen molar-refractivity contribution in [2.75, 3.05) is 0 Å². The van der Waals surface area contributed by atoms with E-state index in [2.05, 4.69) is 0 Å². The minimum absolute atomic E-state index is 0.292. The van der Waals surface area contributed by atoms with Crippen molar-refractivity contribution >= 4 is 17.7 Å². The fourth-order valence-electron chi connectivity index (χ4n) is 3.27. The number of ether oxygens (including phenoxy) is 2. The van der Waals surface area contributed by atoms with Crippen molar-refractivity contribution in [2.24, 2.45) is 5.92 Å². The van der Waals surface area contributed by atoms with Gasteiger partial charge in [0.1, 0.15) is 12.2 Å². The van der Waals surface area contributed by atoms with Gasteiger partial charge < -0.3 is 9.47 Å². The molecule has 0 aliphatic heterocycles. The van der Waals surface area contributed by atoms with Gasteiger partial charge >= 0.3 is 11.9 Å². The van der Waals surface area contributed by atoms with E-state index in [-0.39, 0.29) is 5.92 Å². The largest absolute Gasteiger partial charge is 0.459 e. The first kappa shape index (κ1) is 22.3. The number of hydrogen-bond donors (Lipinski definition) is 0. The topological polar surface area (TPSA) is 69.7 Å². The fourth-order valence-corrected chi connectivity index (χ4v) is 3.27. The summed E-state index contributed by atoms with van der Waals surface area (Å²) in [4.78, 5) is 37.3. The van der Waals surface area contributed by atoms with Crippen molar-refractivity contribution in [1.29, 1.82) is 0 Å². The van der Waals surface area contributed by atoms with Crippen LogP contribution in [0.25, 0.3) is 0 Å². The molecule has 2 aromatic rings. The lowest BCUT2D eigenvalue weighted by Crippen LogP contribution is -2.34. The summed E-state index contributed by atoms with van der Waals surface area (Å²) in [6, 6.07) is 12.4. The van der Waals surface area contributed by atoms with Gasteiger partial charge in [0.2, 0.25) is 0 Å². The molecule has 0 heterocycles. The maximum atomic E-state index is 12.6. The number of rotatable bonds is 7. The first-order valence-corrected chi connectivity index (χ1v) is 9.71. The van der Waals surface area contributed by atoms with Gasteiger partial charge in [-0.25, -0.2) is 9.59 Å². The molecule has 2 rings (SSSR count). The third kappa shape index (κ3) is 5.53. The van der Waals surface area contributed by atoms with E-state index in [0.717, 1.165) is 16.7 Å². The van der Waals surface area contributed by atoms with Crippen molar-refractivity contribution in [3.8, 4) is 0 Å². The van der Waals surface area contributed by atoms with Crippen LogP contribution in [-0.2, 0) is 14.3 Å². The molecule has 0 amide bonds. The number of ketones is 1. The lowest BCUT2D eigenvalue weighted by Gasteiger charge is -2.26. The Morgan fingerprint density at radius 3 is 1.86 bits per heavy atom. The van der Waals surface area contributed by atoms with Crippen molar-refractivity contribution in [2.45, 2.75) is 53.8 Å². The molecule has 0 aromatic heterocycles. The Hall–Kier alpha value is -2.95. The summed E-state index contributed by atoms with van der Waals surface area (Å²) in [6.45, 7) is 10.8. The second kappa shape index (κ2) is 9.50. The molecule has 3 atom stereocenters. The Morgan fingerprint density at radius 1 is 0.793 bits per heavy atom. The van der Waals surface area contributed by atoms with E-state index in [0.29, 0.717) is 11.1 Å². The maximum Gasteiger partial charge on any atom is 0.379 e. The minimum Gasteiger partial charge on any atom is -0.459 e. The average Bonchev–Trinajstić information content (AvgIpc) is 2.66. The molecule has 0 spiro atoms. The van der Waals surface area contributed by atoms with E-state index in [1.165, 1.54) is 0 Å². The van der Waals surface area contributed by atoms with E-state index in [9.17, 15) is 14.4 Å². The molecule has 0 bridgehead atoms. The molecule has 0 aliphatic carbocycles. The highest BCUT2D eigenvalue weighted by molar-refractivity contribution is 6.41. The normalized spacial score (nSPS) is 13.9. The van der Waals surface area contributed by atoms with E-state index in [1.54, 1.807) is 52.0 Å². The minimum atomic E-state index is -0.902. The third-order valence-corrected chi connectivity index (χ3v) is 5.17. The first-order chi connectivity index (χ1) is 13.6. The van der Waals surface area contributed by atoms with E-state index >= 15 is 0 Å². The van der Waals surface area contributed by atoms with Crippen LogP contribution in [0.3, 0.4) is 0 Å². The van der Waals surface area contributed by atoms with Crippen molar-refractivity contribution in [3.05, 3.63) is 70.3 Å². The summed E-state index contributed by atoms with van der Waals surface area (Å²) < 4.78 is 10.9. The lowest BCUT2D eigenvalue weighted by atomic mass is 9.96. The predicted molar refractivity (Wildman–Crippen MR) is 111 cm³/mol. The number of hydrogen-bond acceptors (Lipinski definition) is 5. The highest BCUT2D eigenvalue weighted by Gasteiger charge is 2.29. The molecule has 0 aliphatic rings. The van der Waals surface area contributed by atoms with Crippen LogP contribution < -0.4 is 0 Å². The van der Waals surface area contributed by atoms with Crippen molar-refractivity contribution < 1.29 is 23.9 Å². The summed E-state index contributed by atoms with van der Waals surface area (Å²) in [6.07, 6.45) is -1.10.